The molecule has 1 aromatic heterocycles. The van der Waals surface area contributed by atoms with Gasteiger partial charge in [0.05, 0.1) is 0 Å². The van der Waals surface area contributed by atoms with Crippen molar-refractivity contribution in [3.05, 3.63) is 24.0 Å². The van der Waals surface area contributed by atoms with Gasteiger partial charge < -0.3 is 20.7 Å². The summed E-state index contributed by atoms with van der Waals surface area (Å²) in [6.45, 7) is 0.248. The quantitative estimate of drug-likeness (QED) is 0.632. The minimum atomic E-state index is -1.06. The van der Waals surface area contributed by atoms with Gasteiger partial charge in [0.1, 0.15) is 11.7 Å². The van der Waals surface area contributed by atoms with Gasteiger partial charge in [-0.1, -0.05) is 0 Å². The molecular formula is C10H15N3O3. The molecule has 1 atom stereocenters. The van der Waals surface area contributed by atoms with E-state index in [-0.39, 0.29) is 18.9 Å². The van der Waals surface area contributed by atoms with Gasteiger partial charge in [-0.3, -0.25) is 9.59 Å². The van der Waals surface area contributed by atoms with E-state index in [0.717, 1.165) is 0 Å². The first-order valence-electron chi connectivity index (χ1n) is 4.90. The third-order valence-corrected chi connectivity index (χ3v) is 2.23. The van der Waals surface area contributed by atoms with Crippen molar-refractivity contribution in [1.82, 2.24) is 9.88 Å². The molecule has 0 fully saturated rings. The van der Waals surface area contributed by atoms with Crippen LogP contribution in [0.1, 0.15) is 16.9 Å². The molecule has 6 nitrogen and oxygen atoms in total. The Morgan fingerprint density at radius 3 is 2.81 bits per heavy atom. The van der Waals surface area contributed by atoms with Crippen LogP contribution in [-0.4, -0.2) is 34.1 Å². The number of amides is 1. The number of hydrogen-bond acceptors (Lipinski definition) is 3. The molecular weight excluding hydrogens is 210 g/mol. The van der Waals surface area contributed by atoms with Crippen LogP contribution < -0.4 is 11.1 Å². The second-order valence-corrected chi connectivity index (χ2v) is 3.49. The second kappa shape index (κ2) is 5.32. The van der Waals surface area contributed by atoms with Gasteiger partial charge in [-0.2, -0.15) is 0 Å². The van der Waals surface area contributed by atoms with Crippen molar-refractivity contribution in [2.24, 2.45) is 12.8 Å². The molecule has 1 amide bonds. The molecule has 88 valence electrons. The highest BCUT2D eigenvalue weighted by molar-refractivity contribution is 5.92. The van der Waals surface area contributed by atoms with Gasteiger partial charge in [0, 0.05) is 19.8 Å². The van der Waals surface area contributed by atoms with Gasteiger partial charge in [-0.15, -0.1) is 0 Å². The van der Waals surface area contributed by atoms with Crippen LogP contribution in [0.4, 0.5) is 0 Å². The average molecular weight is 225 g/mol. The molecule has 0 aromatic carbocycles. The van der Waals surface area contributed by atoms with Crippen molar-refractivity contribution in [3.8, 4) is 0 Å². The lowest BCUT2D eigenvalue weighted by atomic mass is 10.2. The second-order valence-electron chi connectivity index (χ2n) is 3.49. The van der Waals surface area contributed by atoms with E-state index in [1.165, 1.54) is 0 Å². The number of nitrogens with two attached hydrogens (primary N) is 1. The van der Waals surface area contributed by atoms with Gasteiger partial charge in [-0.05, 0) is 18.6 Å². The molecule has 0 aliphatic heterocycles. The number of carboxylic acid groups (broad SMARTS) is 1. The number of hydrogen-bond donors (Lipinski definition) is 3. The predicted octanol–water partition coefficient (Wildman–Crippen LogP) is -0.443. The standard InChI is InChI=1S/C10H15N3O3/c1-13-6-2-3-8(13)9(14)12-5-4-7(11)10(15)16/h2-3,6-7H,4-5,11H2,1H3,(H,12,14)(H,15,16). The smallest absolute Gasteiger partial charge is 0.320 e. The number of rotatable bonds is 5. The molecule has 0 saturated carbocycles. The Morgan fingerprint density at radius 1 is 1.62 bits per heavy atom. The molecule has 1 aromatic rings. The lowest BCUT2D eigenvalue weighted by Crippen LogP contribution is -2.35. The highest BCUT2D eigenvalue weighted by atomic mass is 16.4. The number of aryl methyl sites for hydroxylation is 1. The summed E-state index contributed by atoms with van der Waals surface area (Å²) in [7, 11) is 1.76. The molecule has 0 aliphatic rings. The zero-order chi connectivity index (χ0) is 12.1. The molecule has 0 spiro atoms. The molecule has 1 unspecified atom stereocenters. The normalized spacial score (nSPS) is 12.1. The molecule has 0 saturated heterocycles. The maximum Gasteiger partial charge on any atom is 0.320 e. The lowest BCUT2D eigenvalue weighted by molar-refractivity contribution is -0.138. The summed E-state index contributed by atoms with van der Waals surface area (Å²) < 4.78 is 1.69. The van der Waals surface area contributed by atoms with E-state index in [2.05, 4.69) is 5.32 Å². The molecule has 6 heteroatoms. The summed E-state index contributed by atoms with van der Waals surface area (Å²) in [5, 5.41) is 11.1. The molecule has 1 heterocycles. The number of carboxylic acids is 1. The minimum absolute atomic E-state index is 0.214. The summed E-state index contributed by atoms with van der Waals surface area (Å²) in [5.41, 5.74) is 5.83. The van der Waals surface area contributed by atoms with Crippen molar-refractivity contribution >= 4 is 11.9 Å². The van der Waals surface area contributed by atoms with Crippen LogP contribution >= 0.6 is 0 Å². The minimum Gasteiger partial charge on any atom is -0.480 e. The van der Waals surface area contributed by atoms with E-state index < -0.39 is 12.0 Å². The van der Waals surface area contributed by atoms with Crippen LogP contribution in [0.15, 0.2) is 18.3 Å². The highest BCUT2D eigenvalue weighted by Gasteiger charge is 2.12. The SMILES string of the molecule is Cn1cccc1C(=O)NCCC(N)C(=O)O. The van der Waals surface area contributed by atoms with Crippen LogP contribution in [0.25, 0.3) is 0 Å². The molecule has 4 N–H and O–H groups in total. The highest BCUT2D eigenvalue weighted by Crippen LogP contribution is 1.99. The maximum atomic E-state index is 11.6. The van der Waals surface area contributed by atoms with Crippen molar-refractivity contribution < 1.29 is 14.7 Å². The van der Waals surface area contributed by atoms with E-state index >= 15 is 0 Å². The first kappa shape index (κ1) is 12.3. The van der Waals surface area contributed by atoms with Crippen LogP contribution in [0.5, 0.6) is 0 Å². The third kappa shape index (κ3) is 3.09. The summed E-state index contributed by atoms with van der Waals surface area (Å²) in [6.07, 6.45) is 1.98. The van der Waals surface area contributed by atoms with Crippen molar-refractivity contribution in [2.45, 2.75) is 12.5 Å². The van der Waals surface area contributed by atoms with Gasteiger partial charge in [0.2, 0.25) is 0 Å². The Kier molecular flexibility index (Phi) is 4.07. The fourth-order valence-corrected chi connectivity index (χ4v) is 1.25. The maximum absolute atomic E-state index is 11.6. The summed E-state index contributed by atoms with van der Waals surface area (Å²) >= 11 is 0. The van der Waals surface area contributed by atoms with Crippen LogP contribution in [0, 0.1) is 0 Å². The van der Waals surface area contributed by atoms with E-state index in [9.17, 15) is 9.59 Å². The zero-order valence-electron chi connectivity index (χ0n) is 9.01. The predicted molar refractivity (Wildman–Crippen MR) is 58.0 cm³/mol. The van der Waals surface area contributed by atoms with Gasteiger partial charge >= 0.3 is 5.97 Å². The summed E-state index contributed by atoms with van der Waals surface area (Å²) in [5.74, 6) is -1.29. The van der Waals surface area contributed by atoms with Gasteiger partial charge in [-0.25, -0.2) is 0 Å². The molecule has 1 rings (SSSR count). The number of carbonyl (C=O) groups excluding carboxylic acids is 1. The monoisotopic (exact) mass is 225 g/mol. The van der Waals surface area contributed by atoms with Gasteiger partial charge in [0.25, 0.3) is 5.91 Å². The van der Waals surface area contributed by atoms with Crippen molar-refractivity contribution in [2.75, 3.05) is 6.54 Å². The van der Waals surface area contributed by atoms with Crippen molar-refractivity contribution in [1.29, 1.82) is 0 Å². The number of aromatic nitrogens is 1. The third-order valence-electron chi connectivity index (χ3n) is 2.23. The molecule has 0 radical (unpaired) electrons. The Hall–Kier alpha value is -1.82. The van der Waals surface area contributed by atoms with E-state index in [4.69, 9.17) is 10.8 Å². The Morgan fingerprint density at radius 2 is 2.31 bits per heavy atom. The number of nitrogens with one attached hydrogen (secondary N) is 1. The number of aliphatic carboxylic acids is 1. The fourth-order valence-electron chi connectivity index (χ4n) is 1.25. The Balaban J connectivity index is 2.37. The number of carbonyl (C=O) groups is 2. The van der Waals surface area contributed by atoms with Crippen molar-refractivity contribution in [3.63, 3.8) is 0 Å². The Bertz CT molecular complexity index is 386. The topological polar surface area (TPSA) is 97.4 Å². The van der Waals surface area contributed by atoms with Gasteiger partial charge in [0.15, 0.2) is 0 Å². The largest absolute Gasteiger partial charge is 0.480 e. The van der Waals surface area contributed by atoms with E-state index in [1.54, 1.807) is 29.9 Å². The zero-order valence-corrected chi connectivity index (χ0v) is 9.01. The summed E-state index contributed by atoms with van der Waals surface area (Å²) in [4.78, 5) is 22.0. The first-order valence-corrected chi connectivity index (χ1v) is 4.90. The fraction of sp³-hybridized carbons (Fsp3) is 0.400. The van der Waals surface area contributed by atoms with Crippen LogP contribution in [0.2, 0.25) is 0 Å². The van der Waals surface area contributed by atoms with Crippen LogP contribution in [-0.2, 0) is 11.8 Å². The van der Waals surface area contributed by atoms with Crippen LogP contribution in [0.3, 0.4) is 0 Å². The lowest BCUT2D eigenvalue weighted by Gasteiger charge is -2.08. The molecule has 0 aliphatic carbocycles. The van der Waals surface area contributed by atoms with E-state index in [1.807, 2.05) is 0 Å². The summed E-state index contributed by atoms with van der Waals surface area (Å²) in [6, 6.07) is 2.51. The Labute approximate surface area is 93.0 Å². The number of nitrogens with zero attached hydrogens (tertiary/aromatic N) is 1. The molecule has 16 heavy (non-hydrogen) atoms. The van der Waals surface area contributed by atoms with E-state index in [0.29, 0.717) is 5.69 Å². The molecule has 0 bridgehead atoms. The average Bonchev–Trinajstić information content (AvgIpc) is 2.64. The first-order chi connectivity index (χ1) is 7.52.